The first-order chi connectivity index (χ1) is 17.9. The summed E-state index contributed by atoms with van der Waals surface area (Å²) in [6.07, 6.45) is 0. The molecule has 0 aliphatic heterocycles. The van der Waals surface area contributed by atoms with Crippen LogP contribution in [0.5, 0.6) is 0 Å². The van der Waals surface area contributed by atoms with E-state index in [1.54, 1.807) is 0 Å². The Hall–Kier alpha value is -4.82. The van der Waals surface area contributed by atoms with E-state index in [-0.39, 0.29) is 0 Å². The van der Waals surface area contributed by atoms with Gasteiger partial charge in [-0.05, 0) is 53.2 Å². The van der Waals surface area contributed by atoms with Crippen molar-refractivity contribution in [2.75, 3.05) is 0 Å². The van der Waals surface area contributed by atoms with Gasteiger partial charge in [-0.15, -0.1) is 0 Å². The minimum Gasteiger partial charge on any atom is -0.309 e. The van der Waals surface area contributed by atoms with Crippen LogP contribution in [0.4, 0.5) is 0 Å². The van der Waals surface area contributed by atoms with Crippen molar-refractivity contribution in [2.24, 2.45) is 0 Å². The Labute approximate surface area is 206 Å². The van der Waals surface area contributed by atoms with E-state index in [1.165, 1.54) is 76.4 Å². The molecule has 0 N–H and O–H groups in total. The third-order valence-corrected chi connectivity index (χ3v) is 8.01. The molecule has 0 bridgehead atoms. The molecule has 0 atom stereocenters. The van der Waals surface area contributed by atoms with Gasteiger partial charge < -0.3 is 8.97 Å². The highest BCUT2D eigenvalue weighted by molar-refractivity contribution is 6.30. The number of aromatic nitrogens is 2. The van der Waals surface area contributed by atoms with Crippen LogP contribution in [0.25, 0.3) is 76.4 Å². The molecule has 0 amide bonds. The molecule has 0 aliphatic rings. The molecular formula is C34H20N2. The van der Waals surface area contributed by atoms with Crippen LogP contribution in [0.15, 0.2) is 121 Å². The summed E-state index contributed by atoms with van der Waals surface area (Å²) in [6.45, 7) is 0. The molecule has 0 spiro atoms. The standard InChI is InChI=1S/C34H20N2/c1-2-9-22(10-3-1)35-29-15-6-5-12-24(29)28-19-21-17-18-31-33(27(21)20-32(28)35)26-14-8-13-25-23-11-4-7-16-30(23)36(31)34(25)26/h1-20H. The number of hydrogen-bond acceptors (Lipinski definition) is 0. The Balaban J connectivity index is 1.53. The third kappa shape index (κ3) is 2.14. The third-order valence-electron chi connectivity index (χ3n) is 8.01. The molecule has 36 heavy (non-hydrogen) atoms. The Morgan fingerprint density at radius 1 is 0.389 bits per heavy atom. The van der Waals surface area contributed by atoms with Gasteiger partial charge in [0.15, 0.2) is 0 Å². The molecule has 9 aromatic rings. The first-order valence-corrected chi connectivity index (χ1v) is 12.5. The predicted octanol–water partition coefficient (Wildman–Crippen LogP) is 9.09. The molecule has 9 rings (SSSR count). The fourth-order valence-corrected chi connectivity index (χ4v) is 6.57. The van der Waals surface area contributed by atoms with Crippen LogP contribution in [0.2, 0.25) is 0 Å². The fourth-order valence-electron chi connectivity index (χ4n) is 6.57. The van der Waals surface area contributed by atoms with E-state index in [9.17, 15) is 0 Å². The lowest BCUT2D eigenvalue weighted by Gasteiger charge is -2.09. The molecule has 0 radical (unpaired) electrons. The Kier molecular flexibility index (Phi) is 3.31. The minimum atomic E-state index is 1.19. The summed E-state index contributed by atoms with van der Waals surface area (Å²) in [7, 11) is 0. The second-order valence-corrected chi connectivity index (χ2v) is 9.79. The molecule has 3 aromatic heterocycles. The number of benzene rings is 6. The molecular weight excluding hydrogens is 436 g/mol. The first-order valence-electron chi connectivity index (χ1n) is 12.5. The van der Waals surface area contributed by atoms with Gasteiger partial charge in [-0.1, -0.05) is 78.9 Å². The fraction of sp³-hybridized carbons (Fsp3) is 0. The van der Waals surface area contributed by atoms with E-state index in [0.717, 1.165) is 0 Å². The number of para-hydroxylation sites is 4. The van der Waals surface area contributed by atoms with Gasteiger partial charge in [0.2, 0.25) is 0 Å². The summed E-state index contributed by atoms with van der Waals surface area (Å²) in [4.78, 5) is 0. The van der Waals surface area contributed by atoms with Gasteiger partial charge in [0.25, 0.3) is 0 Å². The lowest BCUT2D eigenvalue weighted by atomic mass is 10.00. The molecule has 3 heterocycles. The average molecular weight is 457 g/mol. The maximum absolute atomic E-state index is 2.46. The number of fused-ring (bicyclic) bond motifs is 11. The lowest BCUT2D eigenvalue weighted by molar-refractivity contribution is 1.18. The zero-order valence-electron chi connectivity index (χ0n) is 19.4. The summed E-state index contributed by atoms with van der Waals surface area (Å²) >= 11 is 0. The number of nitrogens with zero attached hydrogens (tertiary/aromatic N) is 2. The monoisotopic (exact) mass is 456 g/mol. The molecule has 0 saturated heterocycles. The maximum atomic E-state index is 2.46. The van der Waals surface area contributed by atoms with Crippen molar-refractivity contribution < 1.29 is 0 Å². The molecule has 0 fully saturated rings. The van der Waals surface area contributed by atoms with Gasteiger partial charge >= 0.3 is 0 Å². The van der Waals surface area contributed by atoms with E-state index in [2.05, 4.69) is 130 Å². The van der Waals surface area contributed by atoms with Gasteiger partial charge in [-0.2, -0.15) is 0 Å². The molecule has 0 unspecified atom stereocenters. The maximum Gasteiger partial charge on any atom is 0.0620 e. The molecule has 0 aliphatic carbocycles. The molecule has 0 saturated carbocycles. The smallest absolute Gasteiger partial charge is 0.0620 e. The molecule has 2 heteroatoms. The summed E-state index contributed by atoms with van der Waals surface area (Å²) in [6, 6.07) is 44.4. The van der Waals surface area contributed by atoms with Gasteiger partial charge in [-0.25, -0.2) is 0 Å². The van der Waals surface area contributed by atoms with E-state index in [1.807, 2.05) is 0 Å². The molecule has 2 nitrogen and oxygen atoms in total. The minimum absolute atomic E-state index is 1.19. The van der Waals surface area contributed by atoms with Crippen molar-refractivity contribution in [3.63, 3.8) is 0 Å². The van der Waals surface area contributed by atoms with Crippen molar-refractivity contribution in [1.29, 1.82) is 0 Å². The molecule has 6 aromatic carbocycles. The Bertz CT molecular complexity index is 2300. The average Bonchev–Trinajstić information content (AvgIpc) is 3.57. The number of rotatable bonds is 1. The summed E-state index contributed by atoms with van der Waals surface area (Å²) in [5.74, 6) is 0. The van der Waals surface area contributed by atoms with Crippen molar-refractivity contribution in [3.05, 3.63) is 121 Å². The van der Waals surface area contributed by atoms with Crippen LogP contribution < -0.4 is 0 Å². The number of hydrogen-bond donors (Lipinski definition) is 0. The van der Waals surface area contributed by atoms with Crippen molar-refractivity contribution >= 4 is 70.7 Å². The quantitative estimate of drug-likeness (QED) is 0.233. The van der Waals surface area contributed by atoms with Crippen LogP contribution in [0.1, 0.15) is 0 Å². The summed E-state index contributed by atoms with van der Waals surface area (Å²) < 4.78 is 4.88. The lowest BCUT2D eigenvalue weighted by Crippen LogP contribution is -1.93. The van der Waals surface area contributed by atoms with Gasteiger partial charge in [-0.3, -0.25) is 0 Å². The van der Waals surface area contributed by atoms with Crippen LogP contribution in [-0.4, -0.2) is 8.97 Å². The summed E-state index contributed by atoms with van der Waals surface area (Å²) in [5, 5.41) is 10.5. The zero-order valence-corrected chi connectivity index (χ0v) is 19.4. The van der Waals surface area contributed by atoms with Crippen LogP contribution in [0.3, 0.4) is 0 Å². The normalized spacial score (nSPS) is 12.4. The highest BCUT2D eigenvalue weighted by Crippen LogP contribution is 2.43. The Morgan fingerprint density at radius 2 is 1.08 bits per heavy atom. The Morgan fingerprint density at radius 3 is 1.94 bits per heavy atom. The second kappa shape index (κ2) is 6.44. The summed E-state index contributed by atoms with van der Waals surface area (Å²) in [5.41, 5.74) is 7.55. The van der Waals surface area contributed by atoms with Crippen LogP contribution >= 0.6 is 0 Å². The van der Waals surface area contributed by atoms with E-state index < -0.39 is 0 Å². The van der Waals surface area contributed by atoms with Crippen molar-refractivity contribution in [1.82, 2.24) is 8.97 Å². The van der Waals surface area contributed by atoms with Gasteiger partial charge in [0.05, 0.1) is 27.6 Å². The SMILES string of the molecule is c1ccc(-n2c3ccccc3c3cc4ccc5c(c4cc32)c2cccc3c4ccccc4n5c32)cc1. The first kappa shape index (κ1) is 18.5. The van der Waals surface area contributed by atoms with Crippen LogP contribution in [0, 0.1) is 0 Å². The zero-order chi connectivity index (χ0) is 23.4. The van der Waals surface area contributed by atoms with Gasteiger partial charge in [0, 0.05) is 38.0 Å². The highest BCUT2D eigenvalue weighted by atomic mass is 15.0. The highest BCUT2D eigenvalue weighted by Gasteiger charge is 2.20. The van der Waals surface area contributed by atoms with Crippen molar-refractivity contribution in [2.45, 2.75) is 0 Å². The topological polar surface area (TPSA) is 9.34 Å². The predicted molar refractivity (Wildman–Crippen MR) is 153 cm³/mol. The van der Waals surface area contributed by atoms with Gasteiger partial charge in [0.1, 0.15) is 0 Å². The van der Waals surface area contributed by atoms with E-state index in [4.69, 9.17) is 0 Å². The van der Waals surface area contributed by atoms with E-state index in [0.29, 0.717) is 0 Å². The molecule has 166 valence electrons. The largest absolute Gasteiger partial charge is 0.309 e. The van der Waals surface area contributed by atoms with Crippen molar-refractivity contribution in [3.8, 4) is 5.69 Å². The second-order valence-electron chi connectivity index (χ2n) is 9.79. The van der Waals surface area contributed by atoms with Crippen LogP contribution in [-0.2, 0) is 0 Å². The van der Waals surface area contributed by atoms with E-state index >= 15 is 0 Å².